The lowest BCUT2D eigenvalue weighted by molar-refractivity contribution is -0.132. The van der Waals surface area contributed by atoms with Crippen LogP contribution in [0.5, 0.6) is 5.75 Å². The molecule has 138 valence electrons. The van der Waals surface area contributed by atoms with E-state index in [9.17, 15) is 4.79 Å². The van der Waals surface area contributed by atoms with Gasteiger partial charge in [0.25, 0.3) is 0 Å². The highest BCUT2D eigenvalue weighted by Crippen LogP contribution is 2.15. The molecule has 0 atom stereocenters. The van der Waals surface area contributed by atoms with Crippen molar-refractivity contribution in [3.05, 3.63) is 59.7 Å². The van der Waals surface area contributed by atoms with E-state index in [0.717, 1.165) is 49.7 Å². The Morgan fingerprint density at radius 3 is 2.19 bits per heavy atom. The van der Waals surface area contributed by atoms with E-state index in [2.05, 4.69) is 17.0 Å². The second-order valence-electron chi connectivity index (χ2n) is 6.65. The van der Waals surface area contributed by atoms with Crippen LogP contribution >= 0.6 is 0 Å². The minimum atomic E-state index is 0.190. The van der Waals surface area contributed by atoms with Crippen LogP contribution < -0.4 is 10.5 Å². The normalized spacial score (nSPS) is 15.0. The number of nitrogen functional groups attached to an aromatic ring is 1. The summed E-state index contributed by atoms with van der Waals surface area (Å²) in [5.41, 5.74) is 8.71. The molecule has 1 heterocycles. The largest absolute Gasteiger partial charge is 0.494 e. The minimum absolute atomic E-state index is 0.190. The molecule has 0 saturated carbocycles. The fraction of sp³-hybridized carbons (Fsp3) is 0.381. The van der Waals surface area contributed by atoms with E-state index in [4.69, 9.17) is 10.5 Å². The van der Waals surface area contributed by atoms with Crippen molar-refractivity contribution in [2.24, 2.45) is 0 Å². The second kappa shape index (κ2) is 8.72. The topological polar surface area (TPSA) is 58.8 Å². The molecule has 1 fully saturated rings. The summed E-state index contributed by atoms with van der Waals surface area (Å²) in [6, 6.07) is 15.8. The molecule has 0 radical (unpaired) electrons. The molecule has 2 aromatic rings. The van der Waals surface area contributed by atoms with E-state index in [0.29, 0.717) is 13.0 Å². The predicted octanol–water partition coefficient (Wildman–Crippen LogP) is 2.55. The van der Waals surface area contributed by atoms with E-state index in [-0.39, 0.29) is 5.91 Å². The number of benzene rings is 2. The summed E-state index contributed by atoms with van der Waals surface area (Å²) < 4.78 is 5.48. The number of hydrogen-bond acceptors (Lipinski definition) is 4. The van der Waals surface area contributed by atoms with Gasteiger partial charge in [-0.25, -0.2) is 0 Å². The van der Waals surface area contributed by atoms with Gasteiger partial charge in [-0.15, -0.1) is 0 Å². The lowest BCUT2D eigenvalue weighted by Crippen LogP contribution is -2.48. The Labute approximate surface area is 155 Å². The summed E-state index contributed by atoms with van der Waals surface area (Å²) in [5.74, 6) is 1.10. The fourth-order valence-corrected chi connectivity index (χ4v) is 3.19. The Kier molecular flexibility index (Phi) is 6.12. The molecular formula is C21H27N3O2. The lowest BCUT2D eigenvalue weighted by atomic mass is 10.1. The third kappa shape index (κ3) is 4.99. The molecule has 2 aromatic carbocycles. The summed E-state index contributed by atoms with van der Waals surface area (Å²) in [5, 5.41) is 0. The number of carbonyl (C=O) groups is 1. The highest BCUT2D eigenvalue weighted by atomic mass is 16.5. The van der Waals surface area contributed by atoms with Crippen LogP contribution in [0, 0.1) is 0 Å². The molecule has 5 heteroatoms. The zero-order valence-electron chi connectivity index (χ0n) is 15.4. The number of ether oxygens (including phenoxy) is 1. The maximum atomic E-state index is 12.5. The van der Waals surface area contributed by atoms with Crippen molar-refractivity contribution in [2.45, 2.75) is 19.9 Å². The van der Waals surface area contributed by atoms with Crippen LogP contribution in [0.25, 0.3) is 0 Å². The fourth-order valence-electron chi connectivity index (χ4n) is 3.19. The van der Waals surface area contributed by atoms with Gasteiger partial charge in [0.15, 0.2) is 0 Å². The maximum Gasteiger partial charge on any atom is 0.227 e. The van der Waals surface area contributed by atoms with Crippen molar-refractivity contribution in [1.29, 1.82) is 0 Å². The van der Waals surface area contributed by atoms with Crippen molar-refractivity contribution < 1.29 is 9.53 Å². The maximum absolute atomic E-state index is 12.5. The molecule has 0 spiro atoms. The van der Waals surface area contributed by atoms with Crippen LogP contribution in [0.2, 0.25) is 0 Å². The van der Waals surface area contributed by atoms with Crippen LogP contribution in [0.15, 0.2) is 48.5 Å². The first-order valence-electron chi connectivity index (χ1n) is 9.20. The number of nitrogens with two attached hydrogens (primary N) is 1. The summed E-state index contributed by atoms with van der Waals surface area (Å²) in [4.78, 5) is 16.8. The zero-order valence-corrected chi connectivity index (χ0v) is 15.4. The van der Waals surface area contributed by atoms with Crippen molar-refractivity contribution >= 4 is 11.6 Å². The van der Waals surface area contributed by atoms with Gasteiger partial charge in [0.05, 0.1) is 13.0 Å². The molecule has 0 bridgehead atoms. The molecule has 2 N–H and O–H groups in total. The molecule has 1 aliphatic rings. The Hall–Kier alpha value is -2.53. The molecule has 5 nitrogen and oxygen atoms in total. The van der Waals surface area contributed by atoms with Crippen molar-refractivity contribution in [3.63, 3.8) is 0 Å². The van der Waals surface area contributed by atoms with Gasteiger partial charge >= 0.3 is 0 Å². The number of anilines is 1. The summed E-state index contributed by atoms with van der Waals surface area (Å²) in [7, 11) is 0. The van der Waals surface area contributed by atoms with E-state index in [1.54, 1.807) is 0 Å². The van der Waals surface area contributed by atoms with Crippen LogP contribution in [-0.2, 0) is 17.8 Å². The van der Waals surface area contributed by atoms with E-state index < -0.39 is 0 Å². The van der Waals surface area contributed by atoms with Crippen LogP contribution in [0.1, 0.15) is 18.1 Å². The van der Waals surface area contributed by atoms with Crippen molar-refractivity contribution in [1.82, 2.24) is 9.80 Å². The first kappa shape index (κ1) is 18.3. The van der Waals surface area contributed by atoms with E-state index in [1.807, 2.05) is 48.2 Å². The highest BCUT2D eigenvalue weighted by Gasteiger charge is 2.21. The van der Waals surface area contributed by atoms with Gasteiger partial charge in [0, 0.05) is 38.4 Å². The summed E-state index contributed by atoms with van der Waals surface area (Å²) in [6.07, 6.45) is 0.444. The van der Waals surface area contributed by atoms with Gasteiger partial charge < -0.3 is 15.4 Å². The number of hydrogen-bond donors (Lipinski definition) is 1. The average molecular weight is 353 g/mol. The van der Waals surface area contributed by atoms with Gasteiger partial charge in [-0.2, -0.15) is 0 Å². The molecule has 3 rings (SSSR count). The number of carbonyl (C=O) groups excluding carboxylic acids is 1. The number of piperazine rings is 1. The molecule has 0 unspecified atom stereocenters. The molecule has 26 heavy (non-hydrogen) atoms. The quantitative estimate of drug-likeness (QED) is 0.811. The van der Waals surface area contributed by atoms with E-state index in [1.165, 1.54) is 5.56 Å². The Morgan fingerprint density at radius 2 is 1.58 bits per heavy atom. The van der Waals surface area contributed by atoms with Gasteiger partial charge in [-0.05, 0) is 42.3 Å². The molecule has 0 aromatic heterocycles. The zero-order chi connectivity index (χ0) is 18.4. The molecule has 0 aliphatic carbocycles. The predicted molar refractivity (Wildman–Crippen MR) is 104 cm³/mol. The number of amides is 1. The van der Waals surface area contributed by atoms with Gasteiger partial charge in [0.1, 0.15) is 5.75 Å². The highest BCUT2D eigenvalue weighted by molar-refractivity contribution is 5.79. The average Bonchev–Trinajstić information content (AvgIpc) is 2.66. The Morgan fingerprint density at radius 1 is 0.962 bits per heavy atom. The summed E-state index contributed by atoms with van der Waals surface area (Å²) in [6.45, 7) is 6.96. The van der Waals surface area contributed by atoms with Gasteiger partial charge in [0.2, 0.25) is 5.91 Å². The SMILES string of the molecule is CCOc1ccc(CN2CCN(C(=O)Cc3ccc(N)cc3)CC2)cc1. The number of rotatable bonds is 6. The van der Waals surface area contributed by atoms with Gasteiger partial charge in [-0.3, -0.25) is 9.69 Å². The monoisotopic (exact) mass is 353 g/mol. The Bertz CT molecular complexity index is 705. The van der Waals surface area contributed by atoms with Crippen LogP contribution in [-0.4, -0.2) is 48.5 Å². The molecule has 1 aliphatic heterocycles. The third-order valence-corrected chi connectivity index (χ3v) is 4.70. The molecular weight excluding hydrogens is 326 g/mol. The first-order valence-corrected chi connectivity index (χ1v) is 9.20. The Balaban J connectivity index is 1.46. The standard InChI is InChI=1S/C21H27N3O2/c1-2-26-20-9-5-18(6-10-20)16-23-11-13-24(14-12-23)21(25)15-17-3-7-19(22)8-4-17/h3-10H,2,11-16,22H2,1H3. The van der Waals surface area contributed by atoms with Crippen molar-refractivity contribution in [2.75, 3.05) is 38.5 Å². The molecule has 1 saturated heterocycles. The second-order valence-corrected chi connectivity index (χ2v) is 6.65. The van der Waals surface area contributed by atoms with Gasteiger partial charge in [-0.1, -0.05) is 24.3 Å². The first-order chi connectivity index (χ1) is 12.6. The van der Waals surface area contributed by atoms with Crippen LogP contribution in [0.3, 0.4) is 0 Å². The minimum Gasteiger partial charge on any atom is -0.494 e. The molecule has 1 amide bonds. The third-order valence-electron chi connectivity index (χ3n) is 4.70. The summed E-state index contributed by atoms with van der Waals surface area (Å²) >= 11 is 0. The lowest BCUT2D eigenvalue weighted by Gasteiger charge is -2.35. The number of nitrogens with zero attached hydrogens (tertiary/aromatic N) is 2. The van der Waals surface area contributed by atoms with Crippen molar-refractivity contribution in [3.8, 4) is 5.75 Å². The van der Waals surface area contributed by atoms with Crippen LogP contribution in [0.4, 0.5) is 5.69 Å². The van der Waals surface area contributed by atoms with E-state index >= 15 is 0 Å². The smallest absolute Gasteiger partial charge is 0.227 e.